The number of rotatable bonds is 5. The van der Waals surface area contributed by atoms with E-state index in [9.17, 15) is 9.59 Å². The van der Waals surface area contributed by atoms with Gasteiger partial charge in [-0.05, 0) is 56.2 Å². The van der Waals surface area contributed by atoms with E-state index in [1.165, 1.54) is 0 Å². The van der Waals surface area contributed by atoms with Crippen molar-refractivity contribution >= 4 is 34.8 Å². The monoisotopic (exact) mass is 451 g/mol. The molecule has 164 valence electrons. The lowest BCUT2D eigenvalue weighted by Gasteiger charge is -2.13. The van der Waals surface area contributed by atoms with E-state index in [-0.39, 0.29) is 17.6 Å². The molecule has 1 aliphatic rings. The van der Waals surface area contributed by atoms with E-state index in [0.29, 0.717) is 51.9 Å². The average Bonchev–Trinajstić information content (AvgIpc) is 3.15. The number of furan rings is 1. The highest BCUT2D eigenvalue weighted by Crippen LogP contribution is 2.31. The topological polar surface area (TPSA) is 92.9 Å². The van der Waals surface area contributed by atoms with Gasteiger partial charge in [-0.3, -0.25) is 9.59 Å². The third-order valence-electron chi connectivity index (χ3n) is 5.29. The highest BCUT2D eigenvalue weighted by molar-refractivity contribution is 6.30. The van der Waals surface area contributed by atoms with Crippen LogP contribution in [0, 0.1) is 6.92 Å². The molecule has 0 spiro atoms. The zero-order valence-corrected chi connectivity index (χ0v) is 18.5. The lowest BCUT2D eigenvalue weighted by molar-refractivity contribution is 0.0953. The summed E-state index contributed by atoms with van der Waals surface area (Å²) in [5, 5.41) is 7.73. The summed E-state index contributed by atoms with van der Waals surface area (Å²) in [5.41, 5.74) is 5.75. The number of carbonyl (C=O) groups excluding carboxylic acids is 2. The molecule has 0 radical (unpaired) electrons. The zero-order chi connectivity index (χ0) is 22.7. The molecule has 2 aromatic carbocycles. The molecule has 0 bridgehead atoms. The Morgan fingerprint density at radius 3 is 2.56 bits per heavy atom. The van der Waals surface area contributed by atoms with Crippen molar-refractivity contribution in [3.8, 4) is 5.75 Å². The van der Waals surface area contributed by atoms with Crippen LogP contribution in [0.2, 0.25) is 5.02 Å². The second-order valence-electron chi connectivity index (χ2n) is 7.37. The summed E-state index contributed by atoms with van der Waals surface area (Å²) >= 11 is 5.88. The van der Waals surface area contributed by atoms with Gasteiger partial charge < -0.3 is 14.5 Å². The molecule has 0 atom stereocenters. The first-order valence-electron chi connectivity index (χ1n) is 10.2. The molecule has 1 heterocycles. The van der Waals surface area contributed by atoms with Crippen molar-refractivity contribution in [2.75, 3.05) is 12.4 Å². The molecule has 2 N–H and O–H groups in total. The zero-order valence-electron chi connectivity index (χ0n) is 17.7. The third kappa shape index (κ3) is 4.38. The SMILES string of the molecule is COc1ccccc1NC(=O)c1oc2c(c1C)/C(=N/NC(=O)c1ccc(Cl)cc1)CCC2. The van der Waals surface area contributed by atoms with Crippen molar-refractivity contribution in [2.24, 2.45) is 5.10 Å². The molecule has 0 aliphatic heterocycles. The van der Waals surface area contributed by atoms with Crippen LogP contribution in [0.15, 0.2) is 58.0 Å². The van der Waals surface area contributed by atoms with Crippen molar-refractivity contribution in [3.63, 3.8) is 0 Å². The quantitative estimate of drug-likeness (QED) is 0.535. The summed E-state index contributed by atoms with van der Waals surface area (Å²) in [6.45, 7) is 1.82. The van der Waals surface area contributed by atoms with Crippen LogP contribution in [0.1, 0.15) is 50.6 Å². The van der Waals surface area contributed by atoms with E-state index in [1.807, 2.05) is 19.1 Å². The van der Waals surface area contributed by atoms with Crippen LogP contribution < -0.4 is 15.5 Å². The van der Waals surface area contributed by atoms with Crippen molar-refractivity contribution in [1.82, 2.24) is 5.43 Å². The third-order valence-corrected chi connectivity index (χ3v) is 5.54. The summed E-state index contributed by atoms with van der Waals surface area (Å²) < 4.78 is 11.2. The predicted molar refractivity (Wildman–Crippen MR) is 123 cm³/mol. The number of benzene rings is 2. The molecule has 1 aromatic heterocycles. The molecule has 0 saturated carbocycles. The largest absolute Gasteiger partial charge is 0.495 e. The number of methoxy groups -OCH3 is 1. The minimum atomic E-state index is -0.369. The Bertz CT molecular complexity index is 1200. The van der Waals surface area contributed by atoms with Crippen LogP contribution in [-0.2, 0) is 6.42 Å². The smallest absolute Gasteiger partial charge is 0.291 e. The van der Waals surface area contributed by atoms with E-state index >= 15 is 0 Å². The van der Waals surface area contributed by atoms with E-state index in [0.717, 1.165) is 12.0 Å². The maximum atomic E-state index is 12.9. The molecule has 0 unspecified atom stereocenters. The van der Waals surface area contributed by atoms with Crippen LogP contribution in [0.25, 0.3) is 0 Å². The number of hydrazone groups is 1. The maximum absolute atomic E-state index is 12.9. The van der Waals surface area contributed by atoms with Crippen LogP contribution in [0.5, 0.6) is 5.75 Å². The van der Waals surface area contributed by atoms with Gasteiger partial charge in [0.25, 0.3) is 11.8 Å². The predicted octanol–water partition coefficient (Wildman–Crippen LogP) is 4.97. The maximum Gasteiger partial charge on any atom is 0.291 e. The first-order valence-corrected chi connectivity index (χ1v) is 10.5. The van der Waals surface area contributed by atoms with Gasteiger partial charge in [0.2, 0.25) is 0 Å². The lowest BCUT2D eigenvalue weighted by Crippen LogP contribution is -2.22. The summed E-state index contributed by atoms with van der Waals surface area (Å²) in [6, 6.07) is 13.7. The van der Waals surface area contributed by atoms with Gasteiger partial charge in [0.15, 0.2) is 5.76 Å². The number of nitrogens with zero attached hydrogens (tertiary/aromatic N) is 1. The second-order valence-corrected chi connectivity index (χ2v) is 7.81. The average molecular weight is 452 g/mol. The highest BCUT2D eigenvalue weighted by atomic mass is 35.5. The molecule has 0 fully saturated rings. The number of amides is 2. The first-order chi connectivity index (χ1) is 15.5. The number of ether oxygens (including phenoxy) is 1. The van der Waals surface area contributed by atoms with Gasteiger partial charge in [-0.25, -0.2) is 5.43 Å². The Morgan fingerprint density at radius 2 is 1.81 bits per heavy atom. The van der Waals surface area contributed by atoms with Crippen molar-refractivity contribution in [2.45, 2.75) is 26.2 Å². The minimum Gasteiger partial charge on any atom is -0.495 e. The molecule has 7 nitrogen and oxygen atoms in total. The Kier molecular flexibility index (Phi) is 6.28. The highest BCUT2D eigenvalue weighted by Gasteiger charge is 2.28. The van der Waals surface area contributed by atoms with Crippen LogP contribution in [0.3, 0.4) is 0 Å². The number of hydrogen-bond acceptors (Lipinski definition) is 5. The van der Waals surface area contributed by atoms with Gasteiger partial charge in [-0.2, -0.15) is 5.10 Å². The molecular formula is C24H22ClN3O4. The molecule has 0 saturated heterocycles. The Hall–Kier alpha value is -3.58. The van der Waals surface area contributed by atoms with Gasteiger partial charge in [-0.1, -0.05) is 23.7 Å². The first kappa shape index (κ1) is 21.6. The fourth-order valence-electron chi connectivity index (χ4n) is 3.71. The van der Waals surface area contributed by atoms with Gasteiger partial charge in [0.05, 0.1) is 18.5 Å². The number of hydrogen-bond donors (Lipinski definition) is 2. The number of anilines is 1. The summed E-state index contributed by atoms with van der Waals surface area (Å²) in [4.78, 5) is 25.3. The summed E-state index contributed by atoms with van der Waals surface area (Å²) in [7, 11) is 1.54. The summed E-state index contributed by atoms with van der Waals surface area (Å²) in [5.74, 6) is 0.766. The molecule has 3 aromatic rings. The fourth-order valence-corrected chi connectivity index (χ4v) is 3.83. The number of para-hydroxylation sites is 2. The lowest BCUT2D eigenvalue weighted by atomic mass is 9.93. The van der Waals surface area contributed by atoms with Gasteiger partial charge in [0.1, 0.15) is 11.5 Å². The summed E-state index contributed by atoms with van der Waals surface area (Å²) in [6.07, 6.45) is 2.17. The van der Waals surface area contributed by atoms with Crippen molar-refractivity contribution < 1.29 is 18.7 Å². The molecule has 32 heavy (non-hydrogen) atoms. The Labute approximate surface area is 190 Å². The number of halogens is 1. The van der Waals surface area contributed by atoms with Crippen LogP contribution in [-0.4, -0.2) is 24.6 Å². The normalized spacial score (nSPS) is 14.0. The molecule has 4 rings (SSSR count). The Morgan fingerprint density at radius 1 is 1.06 bits per heavy atom. The van der Waals surface area contributed by atoms with E-state index in [4.69, 9.17) is 20.8 Å². The molecule has 8 heteroatoms. The Balaban J connectivity index is 1.57. The van der Waals surface area contributed by atoms with Gasteiger partial charge in [0, 0.05) is 28.1 Å². The minimum absolute atomic E-state index is 0.222. The second kappa shape index (κ2) is 9.28. The van der Waals surface area contributed by atoms with E-state index in [1.54, 1.807) is 43.5 Å². The standard InChI is InChI=1S/C24H22ClN3O4/c1-14-21-18(27-28-23(29)15-10-12-16(25)13-11-15)7-5-9-20(21)32-22(14)24(30)26-17-6-3-4-8-19(17)31-2/h3-4,6,8,10-13H,5,7,9H2,1-2H3,(H,26,30)(H,28,29)/b27-18+. The van der Waals surface area contributed by atoms with Gasteiger partial charge in [-0.15, -0.1) is 0 Å². The number of aryl methyl sites for hydroxylation is 1. The number of nitrogens with one attached hydrogen (secondary N) is 2. The van der Waals surface area contributed by atoms with Crippen LogP contribution in [0.4, 0.5) is 5.69 Å². The molecular weight excluding hydrogens is 430 g/mol. The van der Waals surface area contributed by atoms with Crippen molar-refractivity contribution in [3.05, 3.63) is 81.8 Å². The van der Waals surface area contributed by atoms with E-state index < -0.39 is 0 Å². The number of fused-ring (bicyclic) bond motifs is 1. The van der Waals surface area contributed by atoms with Crippen LogP contribution >= 0.6 is 11.6 Å². The van der Waals surface area contributed by atoms with Crippen molar-refractivity contribution in [1.29, 1.82) is 0 Å². The molecule has 1 aliphatic carbocycles. The number of carbonyl (C=O) groups is 2. The van der Waals surface area contributed by atoms with Gasteiger partial charge >= 0.3 is 0 Å². The molecule has 2 amide bonds. The van der Waals surface area contributed by atoms with E-state index in [2.05, 4.69) is 15.8 Å². The fraction of sp³-hybridized carbons (Fsp3) is 0.208.